The van der Waals surface area contributed by atoms with Crippen LogP contribution in [0.25, 0.3) is 0 Å². The predicted molar refractivity (Wildman–Crippen MR) is 48.3 cm³/mol. The topological polar surface area (TPSA) is 49.8 Å². The molecule has 0 bridgehead atoms. The highest BCUT2D eigenvalue weighted by molar-refractivity contribution is 9.10. The number of halogens is 4. The molecular weight excluding hydrogens is 261 g/mol. The average Bonchev–Trinajstić information content (AvgIpc) is 2.06. The van der Waals surface area contributed by atoms with E-state index < -0.39 is 11.7 Å². The van der Waals surface area contributed by atoms with Crippen LogP contribution in [0.3, 0.4) is 0 Å². The van der Waals surface area contributed by atoms with E-state index in [-0.39, 0.29) is 15.7 Å². The Balaban J connectivity index is 3.38. The maximum absolute atomic E-state index is 12.3. The van der Waals surface area contributed by atoms with Crippen LogP contribution in [0.5, 0.6) is 0 Å². The number of nitrogens with zero attached hydrogens (tertiary/aromatic N) is 1. The van der Waals surface area contributed by atoms with E-state index in [1.165, 1.54) is 0 Å². The van der Waals surface area contributed by atoms with Crippen molar-refractivity contribution in [2.24, 2.45) is 0 Å². The molecule has 0 aliphatic rings. The Kier molecular flexibility index (Phi) is 2.71. The number of nitriles is 1. The number of hydrogen-bond donors (Lipinski definition) is 1. The molecule has 0 amide bonds. The van der Waals surface area contributed by atoms with E-state index >= 15 is 0 Å². The fourth-order valence-corrected chi connectivity index (χ4v) is 1.47. The molecule has 0 saturated carbocycles. The van der Waals surface area contributed by atoms with Crippen molar-refractivity contribution >= 4 is 21.6 Å². The van der Waals surface area contributed by atoms with Gasteiger partial charge in [0.05, 0.1) is 16.8 Å². The first kappa shape index (κ1) is 10.9. The second-order valence-electron chi connectivity index (χ2n) is 2.53. The summed E-state index contributed by atoms with van der Waals surface area (Å²) in [5.41, 5.74) is 4.21. The minimum atomic E-state index is -4.47. The Morgan fingerprint density at radius 1 is 1.36 bits per heavy atom. The van der Waals surface area contributed by atoms with Gasteiger partial charge in [0.2, 0.25) is 0 Å². The van der Waals surface area contributed by atoms with E-state index in [2.05, 4.69) is 15.9 Å². The molecule has 0 atom stereocenters. The van der Waals surface area contributed by atoms with Gasteiger partial charge in [0.1, 0.15) is 6.07 Å². The number of alkyl halides is 3. The van der Waals surface area contributed by atoms with Gasteiger partial charge in [-0.1, -0.05) is 15.9 Å². The summed E-state index contributed by atoms with van der Waals surface area (Å²) < 4.78 is 36.7. The standard InChI is InChI=1S/C8H4BrF3N2/c9-6-1-4(3-13)7(14)2-5(6)8(10,11)12/h1-2H,14H2. The number of rotatable bonds is 0. The van der Waals surface area contributed by atoms with Gasteiger partial charge < -0.3 is 5.73 Å². The largest absolute Gasteiger partial charge is 0.417 e. The summed E-state index contributed by atoms with van der Waals surface area (Å²) in [6.45, 7) is 0. The molecule has 1 aromatic rings. The molecule has 1 aromatic carbocycles. The van der Waals surface area contributed by atoms with Crippen LogP contribution in [0.15, 0.2) is 16.6 Å². The minimum absolute atomic E-state index is 0.0184. The molecule has 0 saturated heterocycles. The number of hydrogen-bond acceptors (Lipinski definition) is 2. The third-order valence-corrected chi connectivity index (χ3v) is 2.22. The molecule has 0 unspecified atom stereocenters. The van der Waals surface area contributed by atoms with Gasteiger partial charge in [0.15, 0.2) is 0 Å². The number of nitrogens with two attached hydrogens (primary N) is 1. The van der Waals surface area contributed by atoms with Crippen LogP contribution in [0.4, 0.5) is 18.9 Å². The van der Waals surface area contributed by atoms with E-state index in [1.54, 1.807) is 6.07 Å². The summed E-state index contributed by atoms with van der Waals surface area (Å²) >= 11 is 2.73. The van der Waals surface area contributed by atoms with Gasteiger partial charge in [-0.3, -0.25) is 0 Å². The molecule has 0 aromatic heterocycles. The highest BCUT2D eigenvalue weighted by Crippen LogP contribution is 2.36. The van der Waals surface area contributed by atoms with E-state index in [4.69, 9.17) is 11.0 Å². The molecule has 0 radical (unpaired) electrons. The molecule has 2 N–H and O–H groups in total. The van der Waals surface area contributed by atoms with Gasteiger partial charge >= 0.3 is 6.18 Å². The van der Waals surface area contributed by atoms with Crippen LogP contribution in [-0.4, -0.2) is 0 Å². The second kappa shape index (κ2) is 3.50. The van der Waals surface area contributed by atoms with Crippen molar-refractivity contribution in [2.45, 2.75) is 6.18 Å². The van der Waals surface area contributed by atoms with Gasteiger partial charge in [0.25, 0.3) is 0 Å². The number of benzene rings is 1. The van der Waals surface area contributed by atoms with Crippen molar-refractivity contribution in [3.05, 3.63) is 27.7 Å². The maximum Gasteiger partial charge on any atom is 0.417 e. The first-order valence-electron chi connectivity index (χ1n) is 3.42. The molecule has 0 heterocycles. The van der Waals surface area contributed by atoms with E-state index in [9.17, 15) is 13.2 Å². The summed E-state index contributed by atoms with van der Waals surface area (Å²) in [5.74, 6) is 0. The van der Waals surface area contributed by atoms with Crippen molar-refractivity contribution in [1.82, 2.24) is 0 Å². The Morgan fingerprint density at radius 3 is 2.36 bits per heavy atom. The smallest absolute Gasteiger partial charge is 0.398 e. The van der Waals surface area contributed by atoms with Gasteiger partial charge in [0, 0.05) is 4.47 Å². The van der Waals surface area contributed by atoms with E-state index in [0.717, 1.165) is 12.1 Å². The third kappa shape index (κ3) is 1.99. The molecule has 2 nitrogen and oxygen atoms in total. The maximum atomic E-state index is 12.3. The van der Waals surface area contributed by atoms with E-state index in [1.807, 2.05) is 0 Å². The van der Waals surface area contributed by atoms with Crippen LogP contribution >= 0.6 is 15.9 Å². The second-order valence-corrected chi connectivity index (χ2v) is 3.38. The summed E-state index contributed by atoms with van der Waals surface area (Å²) in [4.78, 5) is 0. The fourth-order valence-electron chi connectivity index (χ4n) is 0.904. The molecule has 6 heteroatoms. The van der Waals surface area contributed by atoms with Gasteiger partial charge in [-0.05, 0) is 12.1 Å². The molecule has 0 fully saturated rings. The zero-order valence-electron chi connectivity index (χ0n) is 6.69. The zero-order chi connectivity index (χ0) is 10.9. The zero-order valence-corrected chi connectivity index (χ0v) is 8.28. The van der Waals surface area contributed by atoms with Crippen molar-refractivity contribution in [1.29, 1.82) is 5.26 Å². The van der Waals surface area contributed by atoms with E-state index in [0.29, 0.717) is 0 Å². The lowest BCUT2D eigenvalue weighted by atomic mass is 10.1. The van der Waals surface area contributed by atoms with Crippen molar-refractivity contribution in [3.8, 4) is 6.07 Å². The lowest BCUT2D eigenvalue weighted by Gasteiger charge is -2.10. The van der Waals surface area contributed by atoms with Crippen LogP contribution in [0.2, 0.25) is 0 Å². The molecule has 0 spiro atoms. The lowest BCUT2D eigenvalue weighted by Crippen LogP contribution is -2.07. The highest BCUT2D eigenvalue weighted by Gasteiger charge is 2.33. The third-order valence-electron chi connectivity index (χ3n) is 1.57. The first-order valence-corrected chi connectivity index (χ1v) is 4.22. The Labute approximate surface area is 86.3 Å². The number of nitrogen functional groups attached to an aromatic ring is 1. The van der Waals surface area contributed by atoms with Gasteiger partial charge in [-0.15, -0.1) is 0 Å². The quantitative estimate of drug-likeness (QED) is 0.733. The summed E-state index contributed by atoms with van der Waals surface area (Å²) in [5, 5.41) is 8.50. The van der Waals surface area contributed by atoms with Crippen molar-refractivity contribution in [3.63, 3.8) is 0 Å². The van der Waals surface area contributed by atoms with Gasteiger partial charge in [-0.2, -0.15) is 18.4 Å². The normalized spacial score (nSPS) is 11.1. The molecule has 1 rings (SSSR count). The minimum Gasteiger partial charge on any atom is -0.398 e. The van der Waals surface area contributed by atoms with Crippen LogP contribution in [0.1, 0.15) is 11.1 Å². The Morgan fingerprint density at radius 2 is 1.93 bits per heavy atom. The van der Waals surface area contributed by atoms with Crippen LogP contribution in [0, 0.1) is 11.3 Å². The Hall–Kier alpha value is -1.22. The van der Waals surface area contributed by atoms with Crippen LogP contribution in [-0.2, 0) is 6.18 Å². The SMILES string of the molecule is N#Cc1cc(Br)c(C(F)(F)F)cc1N. The Bertz CT molecular complexity index is 406. The van der Waals surface area contributed by atoms with Crippen molar-refractivity contribution < 1.29 is 13.2 Å². The van der Waals surface area contributed by atoms with Gasteiger partial charge in [-0.25, -0.2) is 0 Å². The fraction of sp³-hybridized carbons (Fsp3) is 0.125. The highest BCUT2D eigenvalue weighted by atomic mass is 79.9. The molecule has 0 aliphatic heterocycles. The summed E-state index contributed by atoms with van der Waals surface area (Å²) in [6, 6.07) is 3.48. The molecule has 74 valence electrons. The average molecular weight is 265 g/mol. The summed E-state index contributed by atoms with van der Waals surface area (Å²) in [6.07, 6.45) is -4.47. The molecule has 0 aliphatic carbocycles. The predicted octanol–water partition coefficient (Wildman–Crippen LogP) is 2.92. The number of anilines is 1. The van der Waals surface area contributed by atoms with Crippen LogP contribution < -0.4 is 5.73 Å². The van der Waals surface area contributed by atoms with Crippen molar-refractivity contribution in [2.75, 3.05) is 5.73 Å². The monoisotopic (exact) mass is 264 g/mol. The summed E-state index contributed by atoms with van der Waals surface area (Å²) in [7, 11) is 0. The lowest BCUT2D eigenvalue weighted by molar-refractivity contribution is -0.138. The molecule has 14 heavy (non-hydrogen) atoms. The first-order chi connectivity index (χ1) is 6.36. The molecular formula is C8H4BrF3N2.